The second-order valence-corrected chi connectivity index (χ2v) is 8.78. The van der Waals surface area contributed by atoms with Crippen LogP contribution in [0, 0.1) is 0 Å². The Labute approximate surface area is 185 Å². The number of fused-ring (bicyclic) bond motifs is 1. The van der Waals surface area contributed by atoms with Gasteiger partial charge in [0.15, 0.2) is 11.0 Å². The Morgan fingerprint density at radius 3 is 2.55 bits per heavy atom. The molecule has 1 amide bonds. The van der Waals surface area contributed by atoms with Crippen molar-refractivity contribution in [2.75, 3.05) is 4.90 Å². The zero-order chi connectivity index (χ0) is 21.8. The minimum atomic E-state index is 0.00639. The molecular formula is C24H26N4O2S. The van der Waals surface area contributed by atoms with Crippen LogP contribution >= 0.6 is 11.3 Å². The quantitative estimate of drug-likeness (QED) is 0.337. The second-order valence-electron chi connectivity index (χ2n) is 7.77. The van der Waals surface area contributed by atoms with E-state index in [0.29, 0.717) is 36.1 Å². The summed E-state index contributed by atoms with van der Waals surface area (Å²) in [6, 6.07) is 16.1. The summed E-state index contributed by atoms with van der Waals surface area (Å²) in [4.78, 5) is 24.2. The van der Waals surface area contributed by atoms with E-state index in [9.17, 15) is 4.79 Å². The summed E-state index contributed by atoms with van der Waals surface area (Å²) in [7, 11) is 0. The highest BCUT2D eigenvalue weighted by molar-refractivity contribution is 7.22. The smallest absolute Gasteiger partial charge is 0.233 e. The minimum Gasteiger partial charge on any atom is -0.339 e. The SMILES string of the molecule is CCc1ccc(N(C(=O)CCCc2nc(C(C)C)no2)c2nc3ccccc3s2)cc1. The highest BCUT2D eigenvalue weighted by Gasteiger charge is 2.22. The summed E-state index contributed by atoms with van der Waals surface area (Å²) in [6.07, 6.45) is 2.53. The molecule has 31 heavy (non-hydrogen) atoms. The molecule has 0 saturated heterocycles. The maximum Gasteiger partial charge on any atom is 0.233 e. The van der Waals surface area contributed by atoms with Gasteiger partial charge in [-0.25, -0.2) is 4.98 Å². The normalized spacial score (nSPS) is 11.4. The number of anilines is 2. The van der Waals surface area contributed by atoms with Gasteiger partial charge in [-0.1, -0.05) is 61.5 Å². The van der Waals surface area contributed by atoms with Gasteiger partial charge in [-0.15, -0.1) is 0 Å². The van der Waals surface area contributed by atoms with Gasteiger partial charge in [0, 0.05) is 18.8 Å². The van der Waals surface area contributed by atoms with Gasteiger partial charge < -0.3 is 4.52 Å². The van der Waals surface area contributed by atoms with E-state index >= 15 is 0 Å². The number of aryl methyl sites for hydroxylation is 2. The van der Waals surface area contributed by atoms with Crippen molar-refractivity contribution in [3.05, 3.63) is 65.8 Å². The Morgan fingerprint density at radius 1 is 1.10 bits per heavy atom. The maximum absolute atomic E-state index is 13.3. The van der Waals surface area contributed by atoms with E-state index < -0.39 is 0 Å². The highest BCUT2D eigenvalue weighted by atomic mass is 32.1. The Balaban J connectivity index is 1.54. The van der Waals surface area contributed by atoms with Gasteiger partial charge in [-0.3, -0.25) is 9.69 Å². The van der Waals surface area contributed by atoms with Crippen LogP contribution in [-0.4, -0.2) is 21.0 Å². The standard InChI is InChI=1S/C24H26N4O2S/c1-4-17-12-14-18(15-13-17)28(24-25-19-8-5-6-9-20(19)31-24)22(29)11-7-10-21-26-23(16(2)3)27-30-21/h5-6,8-9,12-16H,4,7,10-11H2,1-3H3. The van der Waals surface area contributed by atoms with Gasteiger partial charge in [-0.05, 0) is 42.7 Å². The van der Waals surface area contributed by atoms with E-state index in [2.05, 4.69) is 29.2 Å². The molecule has 0 saturated carbocycles. The number of amides is 1. The molecule has 0 aliphatic carbocycles. The topological polar surface area (TPSA) is 72.1 Å². The number of aromatic nitrogens is 3. The summed E-state index contributed by atoms with van der Waals surface area (Å²) < 4.78 is 6.37. The van der Waals surface area contributed by atoms with Crippen LogP contribution in [-0.2, 0) is 17.6 Å². The molecule has 0 N–H and O–H groups in total. The third-order valence-electron chi connectivity index (χ3n) is 5.11. The molecule has 0 atom stereocenters. The predicted molar refractivity (Wildman–Crippen MR) is 124 cm³/mol. The van der Waals surface area contributed by atoms with Crippen LogP contribution in [0.3, 0.4) is 0 Å². The maximum atomic E-state index is 13.3. The minimum absolute atomic E-state index is 0.00639. The van der Waals surface area contributed by atoms with Crippen molar-refractivity contribution in [3.8, 4) is 0 Å². The van der Waals surface area contributed by atoms with Crippen LogP contribution in [0.2, 0.25) is 0 Å². The van der Waals surface area contributed by atoms with Crippen LogP contribution in [0.1, 0.15) is 56.8 Å². The molecular weight excluding hydrogens is 408 g/mol. The molecule has 6 nitrogen and oxygen atoms in total. The largest absolute Gasteiger partial charge is 0.339 e. The Hall–Kier alpha value is -3.06. The summed E-state index contributed by atoms with van der Waals surface area (Å²) in [6.45, 7) is 6.17. The first-order valence-corrected chi connectivity index (χ1v) is 11.5. The van der Waals surface area contributed by atoms with Gasteiger partial charge >= 0.3 is 0 Å². The third-order valence-corrected chi connectivity index (χ3v) is 6.13. The predicted octanol–water partition coefficient (Wildman–Crippen LogP) is 6.05. The van der Waals surface area contributed by atoms with Gasteiger partial charge in [0.2, 0.25) is 11.8 Å². The van der Waals surface area contributed by atoms with Crippen LogP contribution in [0.25, 0.3) is 10.2 Å². The molecule has 0 aliphatic heterocycles. The molecule has 0 bridgehead atoms. The van der Waals surface area contributed by atoms with Crippen molar-refractivity contribution in [2.24, 2.45) is 0 Å². The summed E-state index contributed by atoms with van der Waals surface area (Å²) in [5.74, 6) is 1.51. The average Bonchev–Trinajstić information content (AvgIpc) is 3.41. The summed E-state index contributed by atoms with van der Waals surface area (Å²) >= 11 is 1.53. The number of para-hydroxylation sites is 1. The number of nitrogens with zero attached hydrogens (tertiary/aromatic N) is 4. The number of benzene rings is 2. The van der Waals surface area contributed by atoms with E-state index in [1.165, 1.54) is 16.9 Å². The van der Waals surface area contributed by atoms with Crippen molar-refractivity contribution >= 4 is 38.3 Å². The Bertz CT molecular complexity index is 1130. The number of hydrogen-bond donors (Lipinski definition) is 0. The summed E-state index contributed by atoms with van der Waals surface area (Å²) in [5, 5.41) is 4.68. The molecule has 160 valence electrons. The molecule has 7 heteroatoms. The van der Waals surface area contributed by atoms with E-state index in [0.717, 1.165) is 22.3 Å². The van der Waals surface area contributed by atoms with Gasteiger partial charge in [0.25, 0.3) is 0 Å². The van der Waals surface area contributed by atoms with Gasteiger partial charge in [0.05, 0.1) is 15.9 Å². The molecule has 4 rings (SSSR count). The molecule has 2 aromatic heterocycles. The average molecular weight is 435 g/mol. The van der Waals surface area contributed by atoms with Gasteiger partial charge in [0.1, 0.15) is 0 Å². The van der Waals surface area contributed by atoms with Crippen LogP contribution in [0.5, 0.6) is 0 Å². The molecule has 0 fully saturated rings. The second kappa shape index (κ2) is 9.39. The molecule has 0 unspecified atom stereocenters. The lowest BCUT2D eigenvalue weighted by molar-refractivity contribution is -0.118. The first kappa shape index (κ1) is 21.2. The molecule has 0 spiro atoms. The number of rotatable bonds is 8. The van der Waals surface area contributed by atoms with Crippen LogP contribution in [0.4, 0.5) is 10.8 Å². The van der Waals surface area contributed by atoms with Crippen LogP contribution in [0.15, 0.2) is 53.1 Å². The zero-order valence-electron chi connectivity index (χ0n) is 18.0. The van der Waals surface area contributed by atoms with Crippen molar-refractivity contribution in [1.82, 2.24) is 15.1 Å². The highest BCUT2D eigenvalue weighted by Crippen LogP contribution is 2.34. The zero-order valence-corrected chi connectivity index (χ0v) is 18.9. The lowest BCUT2D eigenvalue weighted by Gasteiger charge is -2.20. The lowest BCUT2D eigenvalue weighted by Crippen LogP contribution is -2.25. The van der Waals surface area contributed by atoms with E-state index in [1.807, 2.05) is 50.2 Å². The number of carbonyl (C=O) groups excluding carboxylic acids is 1. The van der Waals surface area contributed by atoms with Crippen LogP contribution < -0.4 is 4.90 Å². The Morgan fingerprint density at radius 2 is 1.87 bits per heavy atom. The number of hydrogen-bond acceptors (Lipinski definition) is 6. The third kappa shape index (κ3) is 4.82. The first-order valence-electron chi connectivity index (χ1n) is 10.6. The van der Waals surface area contributed by atoms with E-state index in [4.69, 9.17) is 9.51 Å². The van der Waals surface area contributed by atoms with Crippen molar-refractivity contribution in [2.45, 2.75) is 52.4 Å². The van der Waals surface area contributed by atoms with Crippen molar-refractivity contribution < 1.29 is 9.32 Å². The fourth-order valence-corrected chi connectivity index (χ4v) is 4.31. The van der Waals surface area contributed by atoms with Crippen molar-refractivity contribution in [3.63, 3.8) is 0 Å². The molecule has 4 aromatic rings. The number of thiazole rings is 1. The molecule has 0 aliphatic rings. The Kier molecular flexibility index (Phi) is 6.42. The van der Waals surface area contributed by atoms with E-state index in [-0.39, 0.29) is 11.8 Å². The fraction of sp³-hybridized carbons (Fsp3) is 0.333. The van der Waals surface area contributed by atoms with Gasteiger partial charge in [-0.2, -0.15) is 4.98 Å². The molecule has 2 heterocycles. The van der Waals surface area contributed by atoms with Crippen molar-refractivity contribution in [1.29, 1.82) is 0 Å². The lowest BCUT2D eigenvalue weighted by atomic mass is 10.1. The molecule has 0 radical (unpaired) electrons. The monoisotopic (exact) mass is 434 g/mol. The van der Waals surface area contributed by atoms with E-state index in [1.54, 1.807) is 4.90 Å². The molecule has 2 aromatic carbocycles. The first-order chi connectivity index (χ1) is 15.0. The fourth-order valence-electron chi connectivity index (χ4n) is 3.30. The number of carbonyl (C=O) groups is 1. The summed E-state index contributed by atoms with van der Waals surface area (Å²) in [5.41, 5.74) is 2.97.